The average molecular weight is 355 g/mol. The number of aromatic nitrogens is 1. The van der Waals surface area contributed by atoms with Crippen LogP contribution in [0.1, 0.15) is 39.0 Å². The Morgan fingerprint density at radius 1 is 1.41 bits per heavy atom. The van der Waals surface area contributed by atoms with Gasteiger partial charge in [0.05, 0.1) is 15.5 Å². The molecular formula is C16H19ClN2OS2. The van der Waals surface area contributed by atoms with Gasteiger partial charge in [-0.05, 0) is 38.0 Å². The van der Waals surface area contributed by atoms with E-state index in [1.54, 1.807) is 11.3 Å². The summed E-state index contributed by atoms with van der Waals surface area (Å²) in [5.74, 6) is 0.120. The van der Waals surface area contributed by atoms with Gasteiger partial charge < -0.3 is 5.32 Å². The van der Waals surface area contributed by atoms with E-state index in [2.05, 4.69) is 10.3 Å². The van der Waals surface area contributed by atoms with Gasteiger partial charge in [-0.2, -0.15) is 0 Å². The van der Waals surface area contributed by atoms with Gasteiger partial charge in [0.15, 0.2) is 4.34 Å². The number of carbonyl (C=O) groups excluding carboxylic acids is 1. The lowest BCUT2D eigenvalue weighted by Gasteiger charge is -2.24. The smallest absolute Gasteiger partial charge is 0.233 e. The van der Waals surface area contributed by atoms with Crippen LogP contribution in [0.3, 0.4) is 0 Å². The fourth-order valence-corrected chi connectivity index (χ4v) is 5.07. The first kappa shape index (κ1) is 16.1. The molecule has 3 nitrogen and oxygen atoms in total. The lowest BCUT2D eigenvalue weighted by atomic mass is 9.95. The molecule has 0 spiro atoms. The van der Waals surface area contributed by atoms with Crippen LogP contribution in [0, 0.1) is 0 Å². The highest BCUT2D eigenvalue weighted by Gasteiger charge is 2.21. The lowest BCUT2D eigenvalue weighted by Crippen LogP contribution is -2.40. The van der Waals surface area contributed by atoms with Crippen LogP contribution in [0.25, 0.3) is 10.2 Å². The molecule has 1 unspecified atom stereocenters. The molecule has 0 saturated heterocycles. The Morgan fingerprint density at radius 2 is 2.18 bits per heavy atom. The molecule has 1 N–H and O–H groups in total. The molecule has 1 aliphatic rings. The van der Waals surface area contributed by atoms with Crippen LogP contribution in [-0.2, 0) is 4.79 Å². The van der Waals surface area contributed by atoms with Gasteiger partial charge in [-0.15, -0.1) is 11.3 Å². The van der Waals surface area contributed by atoms with Gasteiger partial charge in [-0.1, -0.05) is 42.6 Å². The van der Waals surface area contributed by atoms with E-state index in [4.69, 9.17) is 11.6 Å². The van der Waals surface area contributed by atoms with Crippen molar-refractivity contribution in [3.05, 3.63) is 23.2 Å². The molecule has 1 aromatic heterocycles. The highest BCUT2D eigenvalue weighted by molar-refractivity contribution is 8.02. The van der Waals surface area contributed by atoms with Gasteiger partial charge >= 0.3 is 0 Å². The molecule has 2 aromatic rings. The van der Waals surface area contributed by atoms with Crippen molar-refractivity contribution in [2.45, 2.75) is 54.7 Å². The summed E-state index contributed by atoms with van der Waals surface area (Å²) in [4.78, 5) is 16.9. The van der Waals surface area contributed by atoms with Crippen molar-refractivity contribution in [3.8, 4) is 0 Å². The number of hydrogen-bond acceptors (Lipinski definition) is 4. The van der Waals surface area contributed by atoms with E-state index in [1.165, 1.54) is 31.0 Å². The van der Waals surface area contributed by atoms with Crippen LogP contribution in [-0.4, -0.2) is 22.2 Å². The summed E-state index contributed by atoms with van der Waals surface area (Å²) >= 11 is 9.12. The first-order valence-corrected chi connectivity index (χ1v) is 9.72. The predicted molar refractivity (Wildman–Crippen MR) is 95.0 cm³/mol. The van der Waals surface area contributed by atoms with E-state index in [0.717, 1.165) is 27.4 Å². The zero-order chi connectivity index (χ0) is 15.5. The lowest BCUT2D eigenvalue weighted by molar-refractivity contribution is -0.121. The quantitative estimate of drug-likeness (QED) is 0.795. The normalized spacial score (nSPS) is 17.5. The zero-order valence-corrected chi connectivity index (χ0v) is 14.9. The van der Waals surface area contributed by atoms with E-state index in [1.807, 2.05) is 25.1 Å². The molecule has 0 radical (unpaired) electrons. The minimum Gasteiger partial charge on any atom is -0.352 e. The molecule has 118 valence electrons. The standard InChI is InChI=1S/C16H19ClN2OS2/c1-10(15(20)18-12-5-3-2-4-6-12)21-16-19-13-9-11(17)7-8-14(13)22-16/h7-10,12H,2-6H2,1H3,(H,18,20). The molecule has 6 heteroatoms. The van der Waals surface area contributed by atoms with Gasteiger partial charge in [0.2, 0.25) is 5.91 Å². The number of hydrogen-bond donors (Lipinski definition) is 1. The second-order valence-corrected chi connectivity index (χ2v) is 8.75. The summed E-state index contributed by atoms with van der Waals surface area (Å²) < 4.78 is 2.02. The Kier molecular flexibility index (Phi) is 5.26. The van der Waals surface area contributed by atoms with Gasteiger partial charge in [0, 0.05) is 11.1 Å². The summed E-state index contributed by atoms with van der Waals surface area (Å²) in [7, 11) is 0. The third-order valence-electron chi connectivity index (χ3n) is 3.93. The van der Waals surface area contributed by atoms with Gasteiger partial charge in [-0.3, -0.25) is 4.79 Å². The molecule has 0 bridgehead atoms. The van der Waals surface area contributed by atoms with Gasteiger partial charge in [0.25, 0.3) is 0 Å². The summed E-state index contributed by atoms with van der Waals surface area (Å²) in [6.07, 6.45) is 5.98. The van der Waals surface area contributed by atoms with Gasteiger partial charge in [0.1, 0.15) is 0 Å². The third-order valence-corrected chi connectivity index (χ3v) is 6.39. The first-order valence-electron chi connectivity index (χ1n) is 7.65. The summed E-state index contributed by atoms with van der Waals surface area (Å²) in [5, 5.41) is 3.74. The van der Waals surface area contributed by atoms with Crippen LogP contribution in [0.2, 0.25) is 5.02 Å². The highest BCUT2D eigenvalue weighted by Crippen LogP contribution is 2.33. The minimum absolute atomic E-state index is 0.120. The topological polar surface area (TPSA) is 42.0 Å². The molecule has 0 aliphatic heterocycles. The Labute approximate surface area is 143 Å². The fourth-order valence-electron chi connectivity index (χ4n) is 2.70. The molecular weight excluding hydrogens is 336 g/mol. The number of fused-ring (bicyclic) bond motifs is 1. The van der Waals surface area contributed by atoms with E-state index in [-0.39, 0.29) is 11.2 Å². The van der Waals surface area contributed by atoms with Crippen LogP contribution in [0.4, 0.5) is 0 Å². The largest absolute Gasteiger partial charge is 0.352 e. The van der Waals surface area contributed by atoms with E-state index in [9.17, 15) is 4.79 Å². The number of benzene rings is 1. The summed E-state index contributed by atoms with van der Waals surface area (Å²) in [6.45, 7) is 1.95. The number of carbonyl (C=O) groups is 1. The Morgan fingerprint density at radius 3 is 2.95 bits per heavy atom. The van der Waals surface area contributed by atoms with Crippen molar-refractivity contribution in [3.63, 3.8) is 0 Å². The zero-order valence-electron chi connectivity index (χ0n) is 12.5. The van der Waals surface area contributed by atoms with Crippen LogP contribution >= 0.6 is 34.7 Å². The number of nitrogens with zero attached hydrogens (tertiary/aromatic N) is 1. The van der Waals surface area contributed by atoms with E-state index in [0.29, 0.717) is 11.1 Å². The van der Waals surface area contributed by atoms with E-state index < -0.39 is 0 Å². The first-order chi connectivity index (χ1) is 10.6. The molecule has 1 saturated carbocycles. The minimum atomic E-state index is -0.127. The Balaban J connectivity index is 1.61. The van der Waals surface area contributed by atoms with E-state index >= 15 is 0 Å². The molecule has 3 rings (SSSR count). The van der Waals surface area contributed by atoms with Crippen molar-refractivity contribution in [2.24, 2.45) is 0 Å². The van der Waals surface area contributed by atoms with Gasteiger partial charge in [-0.25, -0.2) is 4.98 Å². The average Bonchev–Trinajstić information content (AvgIpc) is 2.89. The molecule has 1 amide bonds. The number of rotatable bonds is 4. The van der Waals surface area contributed by atoms with Crippen molar-refractivity contribution >= 4 is 50.8 Å². The second kappa shape index (κ2) is 7.20. The molecule has 1 heterocycles. The van der Waals surface area contributed by atoms with Crippen LogP contribution in [0.15, 0.2) is 22.5 Å². The predicted octanol–water partition coefficient (Wildman–Crippen LogP) is 4.88. The Bertz CT molecular complexity index is 667. The maximum atomic E-state index is 12.3. The SMILES string of the molecule is CC(Sc1nc2cc(Cl)ccc2s1)C(=O)NC1CCCCC1. The van der Waals surface area contributed by atoms with Crippen molar-refractivity contribution in [1.29, 1.82) is 0 Å². The molecule has 1 fully saturated rings. The number of nitrogens with one attached hydrogen (secondary N) is 1. The fraction of sp³-hybridized carbons (Fsp3) is 0.500. The van der Waals surface area contributed by atoms with Crippen LogP contribution in [0.5, 0.6) is 0 Å². The van der Waals surface area contributed by atoms with Crippen molar-refractivity contribution in [1.82, 2.24) is 10.3 Å². The third kappa shape index (κ3) is 3.94. The molecule has 1 aromatic carbocycles. The van der Waals surface area contributed by atoms with Crippen molar-refractivity contribution < 1.29 is 4.79 Å². The summed E-state index contributed by atoms with van der Waals surface area (Å²) in [5.41, 5.74) is 0.903. The monoisotopic (exact) mass is 354 g/mol. The number of amides is 1. The molecule has 1 aliphatic carbocycles. The summed E-state index contributed by atoms with van der Waals surface area (Å²) in [6, 6.07) is 6.07. The number of halogens is 1. The van der Waals surface area contributed by atoms with Crippen molar-refractivity contribution in [2.75, 3.05) is 0 Å². The maximum absolute atomic E-state index is 12.3. The van der Waals surface area contributed by atoms with Crippen LogP contribution < -0.4 is 5.32 Å². The maximum Gasteiger partial charge on any atom is 0.233 e. The Hall–Kier alpha value is -0.780. The second-order valence-electron chi connectivity index (χ2n) is 5.70. The number of thiazole rings is 1. The molecule has 22 heavy (non-hydrogen) atoms. The highest BCUT2D eigenvalue weighted by atomic mass is 35.5. The molecule has 1 atom stereocenters. The number of thioether (sulfide) groups is 1.